The van der Waals surface area contributed by atoms with Gasteiger partial charge in [0.1, 0.15) is 5.01 Å². The first-order valence-corrected chi connectivity index (χ1v) is 6.56. The van der Waals surface area contributed by atoms with Crippen molar-refractivity contribution in [3.63, 3.8) is 0 Å². The second-order valence-electron chi connectivity index (χ2n) is 4.19. The molecule has 0 bridgehead atoms. The lowest BCUT2D eigenvalue weighted by molar-refractivity contribution is -0.146. The highest BCUT2D eigenvalue weighted by Gasteiger charge is 2.26. The number of hydrogen-bond acceptors (Lipinski definition) is 4. The number of alkyl halides is 3. The molecule has 1 aromatic rings. The van der Waals surface area contributed by atoms with Gasteiger partial charge in [-0.3, -0.25) is 0 Å². The first kappa shape index (κ1) is 15.4. The summed E-state index contributed by atoms with van der Waals surface area (Å²) in [5, 5.41) is 5.95. The summed E-state index contributed by atoms with van der Waals surface area (Å²) in [6, 6.07) is 0.375. The zero-order valence-electron chi connectivity index (χ0n) is 10.4. The average Bonchev–Trinajstić information content (AvgIpc) is 2.68. The molecule has 1 heterocycles. The van der Waals surface area contributed by atoms with Crippen molar-refractivity contribution in [1.82, 2.24) is 10.3 Å². The lowest BCUT2D eigenvalue weighted by atomic mass is 10.4. The Balaban J connectivity index is 2.23. The lowest BCUT2D eigenvalue weighted by Crippen LogP contribution is -2.21. The quantitative estimate of drug-likeness (QED) is 0.780. The highest BCUT2D eigenvalue weighted by Crippen LogP contribution is 2.19. The predicted octanol–water partition coefficient (Wildman–Crippen LogP) is 3.11. The van der Waals surface area contributed by atoms with Crippen LogP contribution in [0.25, 0.3) is 0 Å². The summed E-state index contributed by atoms with van der Waals surface area (Å²) in [7, 11) is 0. The van der Waals surface area contributed by atoms with Gasteiger partial charge >= 0.3 is 6.18 Å². The number of rotatable bonds is 7. The van der Waals surface area contributed by atoms with E-state index in [2.05, 4.69) is 10.3 Å². The van der Waals surface area contributed by atoms with E-state index in [9.17, 15) is 13.2 Å². The molecule has 0 amide bonds. The van der Waals surface area contributed by atoms with E-state index < -0.39 is 12.6 Å². The molecule has 0 aromatic carbocycles. The van der Waals surface area contributed by atoms with Crippen molar-refractivity contribution in [1.29, 1.82) is 0 Å². The van der Waals surface area contributed by atoms with E-state index in [1.807, 2.05) is 19.2 Å². The van der Waals surface area contributed by atoms with E-state index in [0.29, 0.717) is 18.3 Å². The van der Waals surface area contributed by atoms with Crippen LogP contribution in [-0.4, -0.2) is 23.8 Å². The van der Waals surface area contributed by atoms with Crippen molar-refractivity contribution in [3.05, 3.63) is 16.1 Å². The molecule has 18 heavy (non-hydrogen) atoms. The van der Waals surface area contributed by atoms with Crippen LogP contribution in [0.2, 0.25) is 0 Å². The molecule has 0 atom stereocenters. The Hall–Kier alpha value is -0.660. The van der Waals surface area contributed by atoms with Crippen molar-refractivity contribution in [3.8, 4) is 0 Å². The maximum atomic E-state index is 11.9. The largest absolute Gasteiger partial charge is 0.391 e. The van der Waals surface area contributed by atoms with Gasteiger partial charge < -0.3 is 10.1 Å². The molecule has 3 nitrogen and oxygen atoms in total. The fourth-order valence-electron chi connectivity index (χ4n) is 1.15. The van der Waals surface area contributed by atoms with Crippen LogP contribution in [0.15, 0.2) is 5.38 Å². The van der Waals surface area contributed by atoms with Gasteiger partial charge in [-0.05, 0) is 0 Å². The third-order valence-corrected chi connectivity index (χ3v) is 2.94. The maximum absolute atomic E-state index is 11.9. The predicted molar refractivity (Wildman–Crippen MR) is 64.4 cm³/mol. The Bertz CT molecular complexity index is 352. The standard InChI is InChI=1S/C11H17F3N2OS/c1-8(2)15-5-10-16-9(7-18-10)6-17-4-3-11(12,13)14/h7-8,15H,3-6H2,1-2H3. The van der Waals surface area contributed by atoms with Crippen molar-refractivity contribution in [2.75, 3.05) is 6.61 Å². The van der Waals surface area contributed by atoms with Gasteiger partial charge in [-0.15, -0.1) is 11.3 Å². The molecule has 104 valence electrons. The molecule has 1 N–H and O–H groups in total. The molecule has 0 saturated heterocycles. The van der Waals surface area contributed by atoms with Crippen molar-refractivity contribution >= 4 is 11.3 Å². The highest BCUT2D eigenvalue weighted by molar-refractivity contribution is 7.09. The van der Waals surface area contributed by atoms with E-state index in [1.54, 1.807) is 0 Å². The van der Waals surface area contributed by atoms with Gasteiger partial charge in [-0.1, -0.05) is 13.8 Å². The van der Waals surface area contributed by atoms with E-state index >= 15 is 0 Å². The molecule has 1 aromatic heterocycles. The number of nitrogens with one attached hydrogen (secondary N) is 1. The van der Waals surface area contributed by atoms with Crippen LogP contribution >= 0.6 is 11.3 Å². The van der Waals surface area contributed by atoms with Gasteiger partial charge in [-0.25, -0.2) is 4.98 Å². The van der Waals surface area contributed by atoms with Crippen LogP contribution in [0.3, 0.4) is 0 Å². The monoisotopic (exact) mass is 282 g/mol. The number of thiazole rings is 1. The number of nitrogens with zero attached hydrogens (tertiary/aromatic N) is 1. The Morgan fingerprint density at radius 2 is 2.17 bits per heavy atom. The van der Waals surface area contributed by atoms with E-state index in [1.165, 1.54) is 11.3 Å². The highest BCUT2D eigenvalue weighted by atomic mass is 32.1. The average molecular weight is 282 g/mol. The Morgan fingerprint density at radius 3 is 2.78 bits per heavy atom. The van der Waals surface area contributed by atoms with E-state index in [4.69, 9.17) is 4.74 Å². The summed E-state index contributed by atoms with van der Waals surface area (Å²) in [6.07, 6.45) is -5.08. The minimum atomic E-state index is -4.16. The number of aromatic nitrogens is 1. The first-order valence-electron chi connectivity index (χ1n) is 5.68. The molecule has 0 radical (unpaired) electrons. The van der Waals surface area contributed by atoms with Crippen LogP contribution in [0.4, 0.5) is 13.2 Å². The van der Waals surface area contributed by atoms with Gasteiger partial charge in [0.2, 0.25) is 0 Å². The third-order valence-electron chi connectivity index (χ3n) is 2.04. The van der Waals surface area contributed by atoms with Gasteiger partial charge in [0, 0.05) is 18.0 Å². The van der Waals surface area contributed by atoms with Crippen LogP contribution in [0.5, 0.6) is 0 Å². The van der Waals surface area contributed by atoms with Crippen LogP contribution in [0, 0.1) is 0 Å². The molecule has 1 rings (SSSR count). The summed E-state index contributed by atoms with van der Waals surface area (Å²) < 4.78 is 40.5. The molecule has 0 aliphatic rings. The lowest BCUT2D eigenvalue weighted by Gasteiger charge is -2.06. The molecule has 7 heteroatoms. The van der Waals surface area contributed by atoms with Crippen LogP contribution < -0.4 is 5.32 Å². The van der Waals surface area contributed by atoms with Gasteiger partial charge in [0.15, 0.2) is 0 Å². The van der Waals surface area contributed by atoms with E-state index in [0.717, 1.165) is 5.01 Å². The number of hydrogen-bond donors (Lipinski definition) is 1. The summed E-state index contributed by atoms with van der Waals surface area (Å²) >= 11 is 1.48. The third kappa shape index (κ3) is 6.93. The summed E-state index contributed by atoms with van der Waals surface area (Å²) in [4.78, 5) is 4.27. The molecule has 0 saturated carbocycles. The topological polar surface area (TPSA) is 34.2 Å². The van der Waals surface area contributed by atoms with Crippen molar-refractivity contribution < 1.29 is 17.9 Å². The minimum Gasteiger partial charge on any atom is -0.375 e. The first-order chi connectivity index (χ1) is 8.37. The zero-order chi connectivity index (χ0) is 13.6. The minimum absolute atomic E-state index is 0.133. The Morgan fingerprint density at radius 1 is 1.44 bits per heavy atom. The molecule has 0 unspecified atom stereocenters. The van der Waals surface area contributed by atoms with Gasteiger partial charge in [-0.2, -0.15) is 13.2 Å². The van der Waals surface area contributed by atoms with Gasteiger partial charge in [0.05, 0.1) is 25.3 Å². The smallest absolute Gasteiger partial charge is 0.375 e. The molecule has 0 fully saturated rings. The fourth-order valence-corrected chi connectivity index (χ4v) is 1.88. The second-order valence-corrected chi connectivity index (χ2v) is 5.13. The van der Waals surface area contributed by atoms with Crippen molar-refractivity contribution in [2.24, 2.45) is 0 Å². The summed E-state index contributed by atoms with van der Waals surface area (Å²) in [5.41, 5.74) is 0.683. The van der Waals surface area contributed by atoms with E-state index in [-0.39, 0.29) is 13.2 Å². The van der Waals surface area contributed by atoms with Crippen LogP contribution in [0.1, 0.15) is 31.0 Å². The normalized spacial score (nSPS) is 12.3. The zero-order valence-corrected chi connectivity index (χ0v) is 11.2. The summed E-state index contributed by atoms with van der Waals surface area (Å²) in [5.74, 6) is 0. The fraction of sp³-hybridized carbons (Fsp3) is 0.727. The SMILES string of the molecule is CC(C)NCc1nc(COCCC(F)(F)F)cs1. The molecule has 0 aliphatic carbocycles. The second kappa shape index (κ2) is 7.06. The maximum Gasteiger partial charge on any atom is 0.391 e. The Kier molecular flexibility index (Phi) is 6.04. The molecule has 0 aliphatic heterocycles. The van der Waals surface area contributed by atoms with Crippen molar-refractivity contribution in [2.45, 2.75) is 45.6 Å². The van der Waals surface area contributed by atoms with Crippen LogP contribution in [-0.2, 0) is 17.9 Å². The number of ether oxygens (including phenoxy) is 1. The van der Waals surface area contributed by atoms with Gasteiger partial charge in [0.25, 0.3) is 0 Å². The molecular weight excluding hydrogens is 265 g/mol. The number of halogens is 3. The Labute approximate surface area is 108 Å². The molecule has 0 spiro atoms. The molecular formula is C11H17F3N2OS. The summed E-state index contributed by atoms with van der Waals surface area (Å²) in [6.45, 7) is 4.56.